The van der Waals surface area contributed by atoms with Crippen molar-refractivity contribution in [3.63, 3.8) is 0 Å². The van der Waals surface area contributed by atoms with Crippen molar-refractivity contribution in [2.75, 3.05) is 6.61 Å². The second-order valence-corrected chi connectivity index (χ2v) is 7.86. The van der Waals surface area contributed by atoms with Crippen LogP contribution >= 0.6 is 23.2 Å². The van der Waals surface area contributed by atoms with E-state index in [1.165, 1.54) is 18.3 Å². The number of benzene rings is 3. The highest BCUT2D eigenvalue weighted by Gasteiger charge is 2.15. The van der Waals surface area contributed by atoms with E-state index in [4.69, 9.17) is 32.7 Å². The van der Waals surface area contributed by atoms with E-state index < -0.39 is 10.8 Å². The highest BCUT2D eigenvalue weighted by Crippen LogP contribution is 2.30. The predicted molar refractivity (Wildman–Crippen MR) is 131 cm³/mol. The third-order valence-electron chi connectivity index (χ3n) is 4.61. The van der Waals surface area contributed by atoms with E-state index in [9.17, 15) is 14.9 Å². The summed E-state index contributed by atoms with van der Waals surface area (Å²) in [5.74, 6) is 0.545. The molecule has 0 unspecified atom stereocenters. The number of ether oxygens (including phenoxy) is 2. The number of rotatable bonds is 10. The first-order valence-electron chi connectivity index (χ1n) is 10.2. The molecule has 0 aliphatic heterocycles. The Kier molecular flexibility index (Phi) is 8.84. The maximum atomic E-state index is 12.2. The number of carbonyl (C=O) groups excluding carboxylic acids is 1. The molecule has 3 rings (SSSR count). The van der Waals surface area contributed by atoms with Crippen molar-refractivity contribution in [2.24, 2.45) is 5.10 Å². The van der Waals surface area contributed by atoms with Crippen molar-refractivity contribution >= 4 is 41.0 Å². The minimum atomic E-state index is -0.522. The summed E-state index contributed by atoms with van der Waals surface area (Å²) >= 11 is 12.1. The van der Waals surface area contributed by atoms with Crippen LogP contribution in [0.1, 0.15) is 23.6 Å². The van der Waals surface area contributed by atoms with E-state index >= 15 is 0 Å². The predicted octanol–water partition coefficient (Wildman–Crippen LogP) is 5.57. The van der Waals surface area contributed by atoms with Gasteiger partial charge in [-0.25, -0.2) is 5.43 Å². The Labute approximate surface area is 206 Å². The van der Waals surface area contributed by atoms with Crippen LogP contribution < -0.4 is 14.9 Å². The first-order valence-corrected chi connectivity index (χ1v) is 11.0. The second-order valence-electron chi connectivity index (χ2n) is 7.02. The minimum Gasteiger partial charge on any atom is -0.490 e. The van der Waals surface area contributed by atoms with Crippen LogP contribution in [0.5, 0.6) is 11.5 Å². The summed E-state index contributed by atoms with van der Waals surface area (Å²) in [6.45, 7) is 2.50. The van der Waals surface area contributed by atoms with Gasteiger partial charge in [0.2, 0.25) is 5.91 Å². The molecule has 3 aromatic rings. The van der Waals surface area contributed by atoms with E-state index in [0.717, 1.165) is 5.56 Å². The van der Waals surface area contributed by atoms with Gasteiger partial charge in [0.25, 0.3) is 5.69 Å². The van der Waals surface area contributed by atoms with Crippen molar-refractivity contribution in [2.45, 2.75) is 20.0 Å². The molecule has 176 valence electrons. The molecular weight excluding hydrogens is 481 g/mol. The average Bonchev–Trinajstić information content (AvgIpc) is 2.80. The molecule has 34 heavy (non-hydrogen) atoms. The van der Waals surface area contributed by atoms with E-state index in [2.05, 4.69) is 10.5 Å². The lowest BCUT2D eigenvalue weighted by Crippen LogP contribution is -2.20. The van der Waals surface area contributed by atoms with Crippen molar-refractivity contribution in [3.8, 4) is 11.5 Å². The Morgan fingerprint density at radius 1 is 1.06 bits per heavy atom. The normalized spacial score (nSPS) is 10.8. The molecule has 0 aromatic heterocycles. The molecular formula is C24H21Cl2N3O5. The van der Waals surface area contributed by atoms with Gasteiger partial charge in [0, 0.05) is 27.2 Å². The molecule has 0 heterocycles. The molecule has 0 aliphatic carbocycles. The van der Waals surface area contributed by atoms with E-state index in [-0.39, 0.29) is 18.7 Å². The Bertz CT molecular complexity index is 1220. The maximum absolute atomic E-state index is 12.2. The van der Waals surface area contributed by atoms with Crippen molar-refractivity contribution in [3.05, 3.63) is 97.5 Å². The van der Waals surface area contributed by atoms with Gasteiger partial charge in [-0.05, 0) is 42.8 Å². The number of para-hydroxylation sites is 1. The number of amides is 1. The van der Waals surface area contributed by atoms with Gasteiger partial charge in [-0.3, -0.25) is 14.9 Å². The number of hydrazone groups is 1. The van der Waals surface area contributed by atoms with Crippen LogP contribution in [-0.4, -0.2) is 23.7 Å². The minimum absolute atomic E-state index is 0.113. The van der Waals surface area contributed by atoms with Crippen LogP contribution in [0.25, 0.3) is 0 Å². The number of nitrogens with one attached hydrogen (secondary N) is 1. The smallest absolute Gasteiger partial charge is 0.273 e. The molecule has 0 aliphatic rings. The Hall–Kier alpha value is -3.62. The second kappa shape index (κ2) is 12.0. The number of nitrogens with zero attached hydrogens (tertiary/aromatic N) is 2. The maximum Gasteiger partial charge on any atom is 0.273 e. The highest BCUT2D eigenvalue weighted by molar-refractivity contribution is 6.35. The van der Waals surface area contributed by atoms with Gasteiger partial charge in [0.05, 0.1) is 24.2 Å². The Morgan fingerprint density at radius 2 is 1.85 bits per heavy atom. The summed E-state index contributed by atoms with van der Waals surface area (Å²) < 4.78 is 11.5. The van der Waals surface area contributed by atoms with Gasteiger partial charge in [-0.15, -0.1) is 0 Å². The summed E-state index contributed by atoms with van der Waals surface area (Å²) in [5, 5.41) is 16.1. The molecule has 1 N–H and O–H groups in total. The third kappa shape index (κ3) is 6.94. The fraction of sp³-hybridized carbons (Fsp3) is 0.167. The average molecular weight is 502 g/mol. The van der Waals surface area contributed by atoms with Crippen LogP contribution in [0.2, 0.25) is 10.0 Å². The van der Waals surface area contributed by atoms with Gasteiger partial charge in [-0.2, -0.15) is 5.10 Å². The highest BCUT2D eigenvalue weighted by atomic mass is 35.5. The van der Waals surface area contributed by atoms with Crippen LogP contribution in [0.4, 0.5) is 5.69 Å². The molecule has 8 nitrogen and oxygen atoms in total. The molecule has 0 bridgehead atoms. The van der Waals surface area contributed by atoms with Crippen molar-refractivity contribution < 1.29 is 19.2 Å². The topological polar surface area (TPSA) is 103 Å². The molecule has 0 radical (unpaired) electrons. The van der Waals surface area contributed by atoms with Crippen LogP contribution in [-0.2, 0) is 17.8 Å². The van der Waals surface area contributed by atoms with Gasteiger partial charge >= 0.3 is 0 Å². The molecule has 0 atom stereocenters. The first kappa shape index (κ1) is 25.0. The van der Waals surface area contributed by atoms with Crippen molar-refractivity contribution in [1.82, 2.24) is 5.43 Å². The van der Waals surface area contributed by atoms with E-state index in [1.54, 1.807) is 48.5 Å². The summed E-state index contributed by atoms with van der Waals surface area (Å²) in [5.41, 5.74) is 4.01. The SMILES string of the molecule is CCOc1cc(/C=N/NC(=O)Cc2ccccc2[N+](=O)[O-])ccc1OCc1ccc(Cl)cc1Cl. The molecule has 10 heteroatoms. The molecule has 0 fully saturated rings. The number of nitro benzene ring substituents is 1. The number of hydrogen-bond donors (Lipinski definition) is 1. The van der Waals surface area contributed by atoms with Crippen LogP contribution in [0, 0.1) is 10.1 Å². The van der Waals surface area contributed by atoms with Gasteiger partial charge in [-0.1, -0.05) is 47.5 Å². The zero-order valence-corrected chi connectivity index (χ0v) is 19.7. The fourth-order valence-electron chi connectivity index (χ4n) is 3.02. The lowest BCUT2D eigenvalue weighted by Gasteiger charge is -2.13. The molecule has 3 aromatic carbocycles. The Morgan fingerprint density at radius 3 is 2.59 bits per heavy atom. The number of halogens is 2. The van der Waals surface area contributed by atoms with Gasteiger partial charge in [0.1, 0.15) is 6.61 Å². The number of nitro groups is 1. The fourth-order valence-corrected chi connectivity index (χ4v) is 3.48. The van der Waals surface area contributed by atoms with Gasteiger partial charge < -0.3 is 9.47 Å². The quantitative estimate of drug-likeness (QED) is 0.222. The van der Waals surface area contributed by atoms with Crippen LogP contribution in [0.15, 0.2) is 65.8 Å². The van der Waals surface area contributed by atoms with E-state index in [1.807, 2.05) is 6.92 Å². The van der Waals surface area contributed by atoms with Crippen LogP contribution in [0.3, 0.4) is 0 Å². The largest absolute Gasteiger partial charge is 0.490 e. The first-order chi connectivity index (χ1) is 16.4. The molecule has 0 saturated carbocycles. The lowest BCUT2D eigenvalue weighted by atomic mass is 10.1. The molecule has 0 spiro atoms. The number of carbonyl (C=O) groups is 1. The number of hydrogen-bond acceptors (Lipinski definition) is 6. The summed E-state index contributed by atoms with van der Waals surface area (Å²) in [7, 11) is 0. The summed E-state index contributed by atoms with van der Waals surface area (Å²) in [6.07, 6.45) is 1.28. The monoisotopic (exact) mass is 501 g/mol. The standard InChI is InChI=1S/C24H21Cl2N3O5/c1-2-33-23-11-16(7-10-22(23)34-15-18-8-9-19(25)13-20(18)26)14-27-28-24(30)12-17-5-3-4-6-21(17)29(31)32/h3-11,13-14H,2,12,15H2,1H3,(H,28,30)/b27-14+. The van der Waals surface area contributed by atoms with E-state index in [0.29, 0.717) is 39.3 Å². The molecule has 1 amide bonds. The zero-order valence-electron chi connectivity index (χ0n) is 18.2. The molecule has 0 saturated heterocycles. The zero-order chi connectivity index (χ0) is 24.5. The van der Waals surface area contributed by atoms with Gasteiger partial charge in [0.15, 0.2) is 11.5 Å². The third-order valence-corrected chi connectivity index (χ3v) is 5.20. The summed E-state index contributed by atoms with van der Waals surface area (Å²) in [6, 6.07) is 16.4. The summed E-state index contributed by atoms with van der Waals surface area (Å²) in [4.78, 5) is 22.7. The Balaban J connectivity index is 1.64. The lowest BCUT2D eigenvalue weighted by molar-refractivity contribution is -0.385. The van der Waals surface area contributed by atoms with Crippen molar-refractivity contribution in [1.29, 1.82) is 0 Å².